The molecule has 168 valence electrons. The third-order valence-corrected chi connectivity index (χ3v) is 7.66. The van der Waals surface area contributed by atoms with Crippen LogP contribution in [-0.4, -0.2) is 22.6 Å². The molecular formula is C26H22O5S2. The molecule has 0 radical (unpaired) electrons. The third kappa shape index (κ3) is 5.50. The smallest absolute Gasteiger partial charge is 0.206 e. The van der Waals surface area contributed by atoms with Crippen LogP contribution >= 0.6 is 11.8 Å². The summed E-state index contributed by atoms with van der Waals surface area (Å²) in [6.45, 7) is 0. The van der Waals surface area contributed by atoms with Crippen LogP contribution in [0.1, 0.15) is 0 Å². The molecule has 5 nitrogen and oxygen atoms in total. The fourth-order valence-corrected chi connectivity index (χ4v) is 5.15. The molecule has 0 N–H and O–H groups in total. The average Bonchev–Trinajstić information content (AvgIpc) is 2.86. The normalized spacial score (nSPS) is 11.1. The molecule has 4 aromatic carbocycles. The summed E-state index contributed by atoms with van der Waals surface area (Å²) in [5, 5.41) is 0. The van der Waals surface area contributed by atoms with Gasteiger partial charge in [-0.3, -0.25) is 0 Å². The number of benzene rings is 4. The standard InChI is InChI=1S/C26H22O5S2/c1-29-19-3-11-23(12-4-19)32-24-13-5-21(6-14-24)31-22-9-17-26(18-10-22)33(27,28)25-15-7-20(30-2)8-16-25/h3-18H,1-2H3. The molecule has 0 amide bonds. The molecular weight excluding hydrogens is 456 g/mol. The Labute approximate surface area is 197 Å². The lowest BCUT2D eigenvalue weighted by atomic mass is 10.3. The van der Waals surface area contributed by atoms with Crippen molar-refractivity contribution < 1.29 is 22.6 Å². The quantitative estimate of drug-likeness (QED) is 0.289. The molecule has 0 saturated carbocycles. The van der Waals surface area contributed by atoms with Crippen LogP contribution in [0.25, 0.3) is 0 Å². The Morgan fingerprint density at radius 3 is 1.24 bits per heavy atom. The lowest BCUT2D eigenvalue weighted by molar-refractivity contribution is 0.414. The molecule has 0 saturated heterocycles. The highest BCUT2D eigenvalue weighted by Crippen LogP contribution is 2.32. The second-order valence-electron chi connectivity index (χ2n) is 7.00. The largest absolute Gasteiger partial charge is 0.497 e. The van der Waals surface area contributed by atoms with E-state index in [1.54, 1.807) is 55.3 Å². The number of hydrogen-bond acceptors (Lipinski definition) is 6. The van der Waals surface area contributed by atoms with E-state index in [4.69, 9.17) is 14.2 Å². The maximum absolute atomic E-state index is 12.8. The van der Waals surface area contributed by atoms with Crippen LogP contribution < -0.4 is 14.2 Å². The highest BCUT2D eigenvalue weighted by atomic mass is 32.2. The summed E-state index contributed by atoms with van der Waals surface area (Å²) in [5.74, 6) is 2.65. The maximum Gasteiger partial charge on any atom is 0.206 e. The van der Waals surface area contributed by atoms with Crippen LogP contribution in [0.2, 0.25) is 0 Å². The second kappa shape index (κ2) is 10.0. The predicted molar refractivity (Wildman–Crippen MR) is 129 cm³/mol. The molecule has 4 aromatic rings. The van der Waals surface area contributed by atoms with Gasteiger partial charge in [0.2, 0.25) is 9.84 Å². The van der Waals surface area contributed by atoms with E-state index in [9.17, 15) is 8.42 Å². The number of sulfone groups is 1. The number of methoxy groups -OCH3 is 2. The molecule has 0 aliphatic carbocycles. The summed E-state index contributed by atoms with van der Waals surface area (Å²) < 4.78 is 41.8. The lowest BCUT2D eigenvalue weighted by Crippen LogP contribution is -2.01. The Bertz CT molecular complexity index is 1300. The Balaban J connectivity index is 1.42. The van der Waals surface area contributed by atoms with Gasteiger partial charge in [0.25, 0.3) is 0 Å². The number of ether oxygens (including phenoxy) is 3. The third-order valence-electron chi connectivity index (χ3n) is 4.86. The summed E-state index contributed by atoms with van der Waals surface area (Å²) in [7, 11) is -0.431. The Morgan fingerprint density at radius 1 is 0.515 bits per heavy atom. The molecule has 0 aliphatic heterocycles. The molecule has 0 bridgehead atoms. The van der Waals surface area contributed by atoms with E-state index in [-0.39, 0.29) is 9.79 Å². The minimum Gasteiger partial charge on any atom is -0.497 e. The first kappa shape index (κ1) is 22.8. The van der Waals surface area contributed by atoms with Crippen LogP contribution in [-0.2, 0) is 9.84 Å². The molecule has 0 atom stereocenters. The van der Waals surface area contributed by atoms with Gasteiger partial charge >= 0.3 is 0 Å². The van der Waals surface area contributed by atoms with Crippen LogP contribution in [0.4, 0.5) is 0 Å². The van der Waals surface area contributed by atoms with Crippen molar-refractivity contribution in [1.82, 2.24) is 0 Å². The average molecular weight is 479 g/mol. The minimum absolute atomic E-state index is 0.200. The molecule has 33 heavy (non-hydrogen) atoms. The minimum atomic E-state index is -3.62. The van der Waals surface area contributed by atoms with E-state index < -0.39 is 9.84 Å². The molecule has 0 fully saturated rings. The van der Waals surface area contributed by atoms with Crippen molar-refractivity contribution in [3.63, 3.8) is 0 Å². The first-order valence-corrected chi connectivity index (χ1v) is 12.4. The molecule has 4 rings (SSSR count). The predicted octanol–water partition coefficient (Wildman–Crippen LogP) is 6.48. The highest BCUT2D eigenvalue weighted by Gasteiger charge is 2.17. The van der Waals surface area contributed by atoms with Crippen LogP contribution in [0, 0.1) is 0 Å². The zero-order chi connectivity index (χ0) is 23.3. The van der Waals surface area contributed by atoms with Gasteiger partial charge in [-0.15, -0.1) is 0 Å². The number of hydrogen-bond donors (Lipinski definition) is 0. The van der Waals surface area contributed by atoms with Gasteiger partial charge < -0.3 is 14.2 Å². The van der Waals surface area contributed by atoms with Crippen molar-refractivity contribution >= 4 is 21.6 Å². The van der Waals surface area contributed by atoms with Gasteiger partial charge in [0.1, 0.15) is 23.0 Å². The topological polar surface area (TPSA) is 61.8 Å². The fraction of sp³-hybridized carbons (Fsp3) is 0.0769. The molecule has 0 heterocycles. The van der Waals surface area contributed by atoms with Gasteiger partial charge in [-0.1, -0.05) is 11.8 Å². The Morgan fingerprint density at radius 2 is 0.848 bits per heavy atom. The maximum atomic E-state index is 12.8. The Hall–Kier alpha value is -3.42. The summed E-state index contributed by atoms with van der Waals surface area (Å²) in [5.41, 5.74) is 0. The molecule has 0 unspecified atom stereocenters. The van der Waals surface area contributed by atoms with Gasteiger partial charge in [0.05, 0.1) is 24.0 Å². The van der Waals surface area contributed by atoms with Crippen molar-refractivity contribution in [3.8, 4) is 23.0 Å². The highest BCUT2D eigenvalue weighted by molar-refractivity contribution is 7.99. The fourth-order valence-electron chi connectivity index (χ4n) is 3.07. The monoisotopic (exact) mass is 478 g/mol. The van der Waals surface area contributed by atoms with Crippen molar-refractivity contribution in [2.45, 2.75) is 19.6 Å². The van der Waals surface area contributed by atoms with E-state index in [1.165, 1.54) is 19.2 Å². The second-order valence-corrected chi connectivity index (χ2v) is 10.1. The van der Waals surface area contributed by atoms with E-state index in [2.05, 4.69) is 0 Å². The molecule has 0 aliphatic rings. The van der Waals surface area contributed by atoms with Crippen molar-refractivity contribution in [3.05, 3.63) is 97.1 Å². The van der Waals surface area contributed by atoms with Crippen molar-refractivity contribution in [1.29, 1.82) is 0 Å². The molecule has 0 spiro atoms. The van der Waals surface area contributed by atoms with Crippen molar-refractivity contribution in [2.24, 2.45) is 0 Å². The van der Waals surface area contributed by atoms with E-state index >= 15 is 0 Å². The first-order chi connectivity index (χ1) is 16.0. The van der Waals surface area contributed by atoms with Crippen LogP contribution in [0.15, 0.2) is 117 Å². The van der Waals surface area contributed by atoms with Gasteiger partial charge in [0.15, 0.2) is 0 Å². The lowest BCUT2D eigenvalue weighted by Gasteiger charge is -2.09. The first-order valence-electron chi connectivity index (χ1n) is 10.1. The number of rotatable bonds is 8. The molecule has 7 heteroatoms. The summed E-state index contributed by atoms with van der Waals surface area (Å²) >= 11 is 1.64. The zero-order valence-corrected chi connectivity index (χ0v) is 19.7. The van der Waals surface area contributed by atoms with Crippen LogP contribution in [0.5, 0.6) is 23.0 Å². The van der Waals surface area contributed by atoms with Gasteiger partial charge in [-0.25, -0.2) is 8.42 Å². The summed E-state index contributed by atoms with van der Waals surface area (Å²) in [6, 6.07) is 28.3. The molecule has 0 aromatic heterocycles. The zero-order valence-electron chi connectivity index (χ0n) is 18.1. The van der Waals surface area contributed by atoms with Gasteiger partial charge in [-0.2, -0.15) is 0 Å². The van der Waals surface area contributed by atoms with Gasteiger partial charge in [-0.05, 0) is 97.1 Å². The Kier molecular flexibility index (Phi) is 6.91. The van der Waals surface area contributed by atoms with Crippen molar-refractivity contribution in [2.75, 3.05) is 14.2 Å². The van der Waals surface area contributed by atoms with E-state index in [0.717, 1.165) is 15.5 Å². The summed E-state index contributed by atoms with van der Waals surface area (Å²) in [4.78, 5) is 2.60. The van der Waals surface area contributed by atoms with Crippen LogP contribution in [0.3, 0.4) is 0 Å². The van der Waals surface area contributed by atoms with E-state index in [1.807, 2.05) is 48.5 Å². The van der Waals surface area contributed by atoms with E-state index in [0.29, 0.717) is 17.2 Å². The summed E-state index contributed by atoms with van der Waals surface area (Å²) in [6.07, 6.45) is 0. The SMILES string of the molecule is COc1ccc(Sc2ccc(Oc3ccc(S(=O)(=O)c4ccc(OC)cc4)cc3)cc2)cc1. The van der Waals surface area contributed by atoms with Gasteiger partial charge in [0, 0.05) is 9.79 Å².